The minimum atomic E-state index is -0.106. The molecule has 0 unspecified atom stereocenters. The Labute approximate surface area is 172 Å². The number of rotatable bonds is 6. The maximum atomic E-state index is 12.4. The van der Waals surface area contributed by atoms with E-state index in [9.17, 15) is 14.4 Å². The zero-order valence-electron chi connectivity index (χ0n) is 17.6. The van der Waals surface area contributed by atoms with Crippen LogP contribution in [0.25, 0.3) is 0 Å². The van der Waals surface area contributed by atoms with Crippen molar-refractivity contribution >= 4 is 17.8 Å². The van der Waals surface area contributed by atoms with Gasteiger partial charge >= 0.3 is 6.03 Å². The molecule has 1 aliphatic carbocycles. The molecular formula is C22H32N4O3. The van der Waals surface area contributed by atoms with Crippen LogP contribution in [0.5, 0.6) is 0 Å². The van der Waals surface area contributed by atoms with E-state index in [1.54, 1.807) is 29.0 Å². The number of carbonyl (C=O) groups is 3. The molecule has 2 fully saturated rings. The normalized spacial score (nSPS) is 17.2. The quantitative estimate of drug-likeness (QED) is 0.769. The third-order valence-electron chi connectivity index (χ3n) is 5.82. The zero-order chi connectivity index (χ0) is 21.0. The highest BCUT2D eigenvalue weighted by Crippen LogP contribution is 2.22. The third-order valence-corrected chi connectivity index (χ3v) is 5.82. The lowest BCUT2D eigenvalue weighted by atomic mass is 9.96. The van der Waals surface area contributed by atoms with Crippen molar-refractivity contribution < 1.29 is 14.4 Å². The monoisotopic (exact) mass is 400 g/mol. The third kappa shape index (κ3) is 5.71. The summed E-state index contributed by atoms with van der Waals surface area (Å²) >= 11 is 0. The second kappa shape index (κ2) is 9.29. The van der Waals surface area contributed by atoms with Crippen molar-refractivity contribution in [2.24, 2.45) is 5.92 Å². The van der Waals surface area contributed by atoms with E-state index in [1.807, 2.05) is 26.0 Å². The highest BCUT2D eigenvalue weighted by molar-refractivity contribution is 5.94. The average Bonchev–Trinajstić information content (AvgIpc) is 3.55. The van der Waals surface area contributed by atoms with E-state index in [2.05, 4.69) is 10.6 Å². The van der Waals surface area contributed by atoms with Gasteiger partial charge in [-0.2, -0.15) is 0 Å². The van der Waals surface area contributed by atoms with E-state index in [-0.39, 0.29) is 29.8 Å². The van der Waals surface area contributed by atoms with Crippen LogP contribution in [0.1, 0.15) is 55.5 Å². The Hall–Kier alpha value is -2.57. The van der Waals surface area contributed by atoms with E-state index in [0.29, 0.717) is 44.1 Å². The molecule has 0 radical (unpaired) electrons. The first-order valence-corrected chi connectivity index (χ1v) is 10.5. The fraction of sp³-hybridized carbons (Fsp3) is 0.591. The Morgan fingerprint density at radius 3 is 2.24 bits per heavy atom. The van der Waals surface area contributed by atoms with Crippen LogP contribution in [0, 0.1) is 5.92 Å². The summed E-state index contributed by atoms with van der Waals surface area (Å²) in [6.07, 6.45) is 3.62. The van der Waals surface area contributed by atoms with Gasteiger partial charge in [0.15, 0.2) is 0 Å². The second-order valence-electron chi connectivity index (χ2n) is 8.41. The Kier molecular flexibility index (Phi) is 6.77. The molecule has 0 atom stereocenters. The summed E-state index contributed by atoms with van der Waals surface area (Å²) in [5, 5.41) is 5.99. The zero-order valence-corrected chi connectivity index (χ0v) is 17.6. The maximum absolute atomic E-state index is 12.4. The molecule has 1 aromatic rings. The molecule has 3 rings (SSSR count). The average molecular weight is 401 g/mol. The van der Waals surface area contributed by atoms with E-state index in [0.717, 1.165) is 18.4 Å². The topological polar surface area (TPSA) is 81.8 Å². The highest BCUT2D eigenvalue weighted by Gasteiger charge is 2.31. The van der Waals surface area contributed by atoms with Gasteiger partial charge in [-0.3, -0.25) is 9.59 Å². The van der Waals surface area contributed by atoms with Gasteiger partial charge in [0.25, 0.3) is 5.91 Å². The van der Waals surface area contributed by atoms with Crippen LogP contribution in [-0.4, -0.2) is 59.9 Å². The Balaban J connectivity index is 1.42. The van der Waals surface area contributed by atoms with Gasteiger partial charge in [0, 0.05) is 50.2 Å². The summed E-state index contributed by atoms with van der Waals surface area (Å²) in [5.41, 5.74) is 1.59. The Bertz CT molecular complexity index is 735. The van der Waals surface area contributed by atoms with Crippen molar-refractivity contribution in [1.82, 2.24) is 20.4 Å². The lowest BCUT2D eigenvalue weighted by Crippen LogP contribution is -2.46. The van der Waals surface area contributed by atoms with E-state index >= 15 is 0 Å². The fourth-order valence-electron chi connectivity index (χ4n) is 3.38. The van der Waals surface area contributed by atoms with Gasteiger partial charge in [-0.25, -0.2) is 4.79 Å². The van der Waals surface area contributed by atoms with Crippen LogP contribution in [-0.2, 0) is 11.3 Å². The lowest BCUT2D eigenvalue weighted by Gasteiger charge is -2.31. The molecule has 1 aliphatic heterocycles. The number of urea groups is 1. The van der Waals surface area contributed by atoms with Crippen molar-refractivity contribution in [2.75, 3.05) is 20.1 Å². The van der Waals surface area contributed by atoms with Gasteiger partial charge in [-0.1, -0.05) is 12.1 Å². The van der Waals surface area contributed by atoms with Crippen LogP contribution in [0.3, 0.4) is 0 Å². The molecule has 0 aromatic heterocycles. The highest BCUT2D eigenvalue weighted by atomic mass is 16.2. The minimum Gasteiger partial charge on any atom is -0.353 e. The summed E-state index contributed by atoms with van der Waals surface area (Å²) in [6, 6.07) is 7.76. The predicted molar refractivity (Wildman–Crippen MR) is 111 cm³/mol. The lowest BCUT2D eigenvalue weighted by molar-refractivity contribution is -0.126. The van der Waals surface area contributed by atoms with Crippen molar-refractivity contribution in [3.05, 3.63) is 35.4 Å². The van der Waals surface area contributed by atoms with Gasteiger partial charge in [0.05, 0.1) is 0 Å². The van der Waals surface area contributed by atoms with Gasteiger partial charge in [0.2, 0.25) is 5.91 Å². The van der Waals surface area contributed by atoms with Crippen LogP contribution in [0.15, 0.2) is 24.3 Å². The Morgan fingerprint density at radius 2 is 1.69 bits per heavy atom. The summed E-state index contributed by atoms with van der Waals surface area (Å²) in [5.74, 6) is 0.156. The molecular weight excluding hydrogens is 368 g/mol. The predicted octanol–water partition coefficient (Wildman–Crippen LogP) is 2.37. The van der Waals surface area contributed by atoms with Crippen LogP contribution in [0.4, 0.5) is 4.79 Å². The Morgan fingerprint density at radius 1 is 1.07 bits per heavy atom. The van der Waals surface area contributed by atoms with Crippen molar-refractivity contribution in [3.63, 3.8) is 0 Å². The smallest absolute Gasteiger partial charge is 0.317 e. The van der Waals surface area contributed by atoms with Gasteiger partial charge in [-0.05, 0) is 57.2 Å². The SMILES string of the molecule is CC(C)N(C)C(=O)c1ccc(CNC(=O)N2CCC(C(=O)NC3CC3)CC2)cc1. The van der Waals surface area contributed by atoms with Gasteiger partial charge < -0.3 is 20.4 Å². The van der Waals surface area contributed by atoms with Crippen LogP contribution < -0.4 is 10.6 Å². The molecule has 1 saturated carbocycles. The maximum Gasteiger partial charge on any atom is 0.317 e. The van der Waals surface area contributed by atoms with Crippen molar-refractivity contribution in [3.8, 4) is 0 Å². The van der Waals surface area contributed by atoms with Crippen molar-refractivity contribution in [1.29, 1.82) is 0 Å². The summed E-state index contributed by atoms with van der Waals surface area (Å²) in [6.45, 7) is 5.57. The molecule has 1 aromatic carbocycles. The summed E-state index contributed by atoms with van der Waals surface area (Å²) < 4.78 is 0. The number of nitrogens with zero attached hydrogens (tertiary/aromatic N) is 2. The standard InChI is InChI=1S/C22H32N4O3/c1-15(2)25(3)21(28)18-6-4-16(5-7-18)14-23-22(29)26-12-10-17(11-13-26)20(27)24-19-8-9-19/h4-7,15,17,19H,8-14H2,1-3H3,(H,23,29)(H,24,27). The number of nitrogens with one attached hydrogen (secondary N) is 2. The van der Waals surface area contributed by atoms with E-state index in [1.165, 1.54) is 0 Å². The number of hydrogen-bond acceptors (Lipinski definition) is 3. The molecule has 7 nitrogen and oxygen atoms in total. The molecule has 1 heterocycles. The van der Waals surface area contributed by atoms with Gasteiger partial charge in [-0.15, -0.1) is 0 Å². The minimum absolute atomic E-state index is 0.0100. The molecule has 0 spiro atoms. The molecule has 4 amide bonds. The van der Waals surface area contributed by atoms with E-state index in [4.69, 9.17) is 0 Å². The number of carbonyl (C=O) groups excluding carboxylic acids is 3. The fourth-order valence-corrected chi connectivity index (χ4v) is 3.38. The number of likely N-dealkylation sites (tertiary alicyclic amines) is 1. The first-order chi connectivity index (χ1) is 13.8. The number of benzene rings is 1. The molecule has 0 bridgehead atoms. The number of piperidine rings is 1. The largest absolute Gasteiger partial charge is 0.353 e. The summed E-state index contributed by atoms with van der Waals surface area (Å²) in [7, 11) is 1.79. The first kappa shape index (κ1) is 21.1. The number of hydrogen-bond donors (Lipinski definition) is 2. The van der Waals surface area contributed by atoms with Crippen LogP contribution in [0.2, 0.25) is 0 Å². The molecule has 158 valence electrons. The molecule has 7 heteroatoms. The molecule has 2 aliphatic rings. The van der Waals surface area contributed by atoms with Gasteiger partial charge in [0.1, 0.15) is 0 Å². The molecule has 2 N–H and O–H groups in total. The number of amides is 4. The summed E-state index contributed by atoms with van der Waals surface area (Å²) in [4.78, 5) is 40.4. The first-order valence-electron chi connectivity index (χ1n) is 10.5. The van der Waals surface area contributed by atoms with Crippen molar-refractivity contribution in [2.45, 2.75) is 58.2 Å². The molecule has 1 saturated heterocycles. The molecule has 29 heavy (non-hydrogen) atoms. The van der Waals surface area contributed by atoms with E-state index < -0.39 is 0 Å². The van der Waals surface area contributed by atoms with Crippen LogP contribution >= 0.6 is 0 Å². The second-order valence-corrected chi connectivity index (χ2v) is 8.41.